The molecule has 0 aromatic heterocycles. The number of benzene rings is 1. The third-order valence-electron chi connectivity index (χ3n) is 2.14. The second-order valence-corrected chi connectivity index (χ2v) is 3.90. The maximum Gasteiger partial charge on any atom is 0.321 e. The molecule has 0 amide bonds. The van der Waals surface area contributed by atoms with Crippen molar-refractivity contribution in [3.63, 3.8) is 0 Å². The Kier molecular flexibility index (Phi) is 2.40. The predicted octanol–water partition coefficient (Wildman–Crippen LogP) is 2.01. The van der Waals surface area contributed by atoms with E-state index in [0.717, 1.165) is 0 Å². The second kappa shape index (κ2) is 3.58. The number of nitrogens with zero attached hydrogens (tertiary/aromatic N) is 1. The number of carboxylic acid groups (broad SMARTS) is 1. The van der Waals surface area contributed by atoms with Gasteiger partial charge in [0.05, 0.1) is 5.69 Å². The molecule has 0 bridgehead atoms. The van der Waals surface area contributed by atoms with Gasteiger partial charge in [-0.1, -0.05) is 12.1 Å². The first-order chi connectivity index (χ1) is 7.11. The quantitative estimate of drug-likeness (QED) is 0.792. The molecule has 1 aromatic rings. The molecule has 0 spiro atoms. The highest BCUT2D eigenvalue weighted by Crippen LogP contribution is 2.30. The van der Waals surface area contributed by atoms with Crippen LogP contribution >= 0.6 is 15.9 Å². The van der Waals surface area contributed by atoms with Gasteiger partial charge in [-0.05, 0) is 28.1 Å². The first-order valence-electron chi connectivity index (χ1n) is 4.21. The van der Waals surface area contributed by atoms with Crippen LogP contribution in [-0.4, -0.2) is 21.5 Å². The van der Waals surface area contributed by atoms with Crippen LogP contribution in [0.1, 0.15) is 10.4 Å². The van der Waals surface area contributed by atoms with E-state index < -0.39 is 17.7 Å². The van der Waals surface area contributed by atoms with E-state index in [1.807, 2.05) is 0 Å². The van der Waals surface area contributed by atoms with Crippen molar-refractivity contribution in [2.75, 3.05) is 0 Å². The number of carbonyl (C=O) groups is 2. The van der Waals surface area contributed by atoms with Crippen molar-refractivity contribution in [1.82, 2.24) is 0 Å². The largest absolute Gasteiger partial charge is 0.480 e. The van der Waals surface area contributed by atoms with Crippen molar-refractivity contribution < 1.29 is 14.7 Å². The van der Waals surface area contributed by atoms with Gasteiger partial charge in [0.1, 0.15) is 4.62 Å². The highest BCUT2D eigenvalue weighted by Gasteiger charge is 2.35. The van der Waals surface area contributed by atoms with Crippen LogP contribution in [0, 0.1) is 5.92 Å². The number of hydrogen-bond donors (Lipinski definition) is 1. The number of para-hydroxylation sites is 1. The van der Waals surface area contributed by atoms with Gasteiger partial charge in [-0.15, -0.1) is 0 Å². The molecule has 0 aliphatic carbocycles. The van der Waals surface area contributed by atoms with Gasteiger partial charge in [0.2, 0.25) is 0 Å². The van der Waals surface area contributed by atoms with Crippen molar-refractivity contribution >= 4 is 38.0 Å². The minimum atomic E-state index is -1.21. The van der Waals surface area contributed by atoms with Gasteiger partial charge in [0.15, 0.2) is 11.7 Å². The van der Waals surface area contributed by atoms with Gasteiger partial charge in [-0.25, -0.2) is 4.99 Å². The minimum Gasteiger partial charge on any atom is -0.480 e. The Morgan fingerprint density at radius 2 is 2.07 bits per heavy atom. The lowest BCUT2D eigenvalue weighted by molar-refractivity contribution is -0.137. The van der Waals surface area contributed by atoms with Crippen LogP contribution in [-0.2, 0) is 4.79 Å². The lowest BCUT2D eigenvalue weighted by Gasteiger charge is -2.16. The second-order valence-electron chi connectivity index (χ2n) is 3.09. The molecular formula is C10H6BrNO3. The van der Waals surface area contributed by atoms with E-state index in [9.17, 15) is 9.59 Å². The summed E-state index contributed by atoms with van der Waals surface area (Å²) in [6, 6.07) is 6.69. The van der Waals surface area contributed by atoms with Crippen molar-refractivity contribution in [2.24, 2.45) is 10.9 Å². The topological polar surface area (TPSA) is 66.7 Å². The number of fused-ring (bicyclic) bond motifs is 1. The normalized spacial score (nSPS) is 19.4. The summed E-state index contributed by atoms with van der Waals surface area (Å²) < 4.78 is 0.152. The molecule has 76 valence electrons. The fourth-order valence-corrected chi connectivity index (χ4v) is 2.03. The molecule has 0 fully saturated rings. The monoisotopic (exact) mass is 267 g/mol. The Hall–Kier alpha value is -1.49. The zero-order valence-corrected chi connectivity index (χ0v) is 9.06. The number of aliphatic imine (C=N–C) groups is 1. The van der Waals surface area contributed by atoms with Gasteiger partial charge < -0.3 is 5.11 Å². The summed E-state index contributed by atoms with van der Waals surface area (Å²) in [6.45, 7) is 0. The van der Waals surface area contributed by atoms with Crippen LogP contribution in [0.15, 0.2) is 29.3 Å². The summed E-state index contributed by atoms with van der Waals surface area (Å²) >= 11 is 3.01. The number of rotatable bonds is 1. The molecule has 1 unspecified atom stereocenters. The summed E-state index contributed by atoms with van der Waals surface area (Å²) in [5.74, 6) is -2.83. The number of Topliss-reactive ketones (excluding diaryl/α,β-unsaturated/α-hetero) is 1. The van der Waals surface area contributed by atoms with Gasteiger partial charge in [-0.2, -0.15) is 0 Å². The maximum absolute atomic E-state index is 11.8. The smallest absolute Gasteiger partial charge is 0.321 e. The molecule has 1 heterocycles. The third-order valence-corrected chi connectivity index (χ3v) is 2.78. The summed E-state index contributed by atoms with van der Waals surface area (Å²) in [4.78, 5) is 26.7. The van der Waals surface area contributed by atoms with E-state index in [-0.39, 0.29) is 4.62 Å². The molecule has 5 heteroatoms. The Bertz CT molecular complexity index is 481. The van der Waals surface area contributed by atoms with E-state index in [4.69, 9.17) is 5.11 Å². The average molecular weight is 268 g/mol. The Morgan fingerprint density at radius 1 is 1.40 bits per heavy atom. The van der Waals surface area contributed by atoms with Gasteiger partial charge >= 0.3 is 5.97 Å². The lowest BCUT2D eigenvalue weighted by atomic mass is 9.95. The van der Waals surface area contributed by atoms with Gasteiger partial charge in [0, 0.05) is 5.56 Å². The Balaban J connectivity index is 2.59. The van der Waals surface area contributed by atoms with E-state index in [0.29, 0.717) is 11.3 Å². The number of hydrogen-bond acceptors (Lipinski definition) is 3. The van der Waals surface area contributed by atoms with Crippen LogP contribution in [0.5, 0.6) is 0 Å². The van der Waals surface area contributed by atoms with Crippen molar-refractivity contribution in [3.05, 3.63) is 29.8 Å². The third kappa shape index (κ3) is 1.59. The van der Waals surface area contributed by atoms with Gasteiger partial charge in [-0.3, -0.25) is 9.59 Å². The highest BCUT2D eigenvalue weighted by atomic mass is 79.9. The van der Waals surface area contributed by atoms with Gasteiger partial charge in [0.25, 0.3) is 0 Å². The lowest BCUT2D eigenvalue weighted by Crippen LogP contribution is -2.31. The molecule has 15 heavy (non-hydrogen) atoms. The average Bonchev–Trinajstić information content (AvgIpc) is 2.17. The zero-order valence-electron chi connectivity index (χ0n) is 7.48. The number of ketones is 1. The minimum absolute atomic E-state index is 0.152. The summed E-state index contributed by atoms with van der Waals surface area (Å²) in [6.07, 6.45) is 0. The molecule has 0 saturated carbocycles. The predicted molar refractivity (Wildman–Crippen MR) is 57.9 cm³/mol. The van der Waals surface area contributed by atoms with Crippen LogP contribution in [0.2, 0.25) is 0 Å². The highest BCUT2D eigenvalue weighted by molar-refractivity contribution is 9.18. The molecule has 1 N–H and O–H groups in total. The zero-order chi connectivity index (χ0) is 11.0. The van der Waals surface area contributed by atoms with Crippen molar-refractivity contribution in [3.8, 4) is 0 Å². The summed E-state index contributed by atoms with van der Waals surface area (Å²) in [5.41, 5.74) is 0.861. The van der Waals surface area contributed by atoms with Crippen LogP contribution in [0.25, 0.3) is 0 Å². The van der Waals surface area contributed by atoms with E-state index in [2.05, 4.69) is 20.9 Å². The number of carbonyl (C=O) groups excluding carboxylic acids is 1. The first-order valence-corrected chi connectivity index (χ1v) is 5.00. The number of carboxylic acids is 1. The molecule has 1 aromatic carbocycles. The van der Waals surface area contributed by atoms with E-state index in [1.165, 1.54) is 0 Å². The molecule has 1 aliphatic rings. The fourth-order valence-electron chi connectivity index (χ4n) is 1.44. The van der Waals surface area contributed by atoms with Crippen molar-refractivity contribution in [1.29, 1.82) is 0 Å². The number of halogens is 1. The first kappa shape index (κ1) is 10.0. The molecule has 1 aliphatic heterocycles. The fraction of sp³-hybridized carbons (Fsp3) is 0.100. The molecule has 1 atom stereocenters. The SMILES string of the molecule is O=C(O)C1C(=O)c2ccccc2N=C1Br. The Labute approximate surface area is 93.8 Å². The summed E-state index contributed by atoms with van der Waals surface area (Å²) in [7, 11) is 0. The molecule has 4 nitrogen and oxygen atoms in total. The molecular weight excluding hydrogens is 262 g/mol. The van der Waals surface area contributed by atoms with Crippen LogP contribution in [0.4, 0.5) is 5.69 Å². The van der Waals surface area contributed by atoms with Crippen LogP contribution in [0.3, 0.4) is 0 Å². The summed E-state index contributed by atoms with van der Waals surface area (Å²) in [5, 5.41) is 8.87. The standard InChI is InChI=1S/C10H6BrNO3/c11-9-7(10(14)15)8(13)5-3-1-2-4-6(5)12-9/h1-4,7H,(H,14,15). The number of aliphatic carboxylic acids is 1. The molecule has 0 saturated heterocycles. The van der Waals surface area contributed by atoms with E-state index >= 15 is 0 Å². The molecule has 2 rings (SSSR count). The van der Waals surface area contributed by atoms with Crippen molar-refractivity contribution in [2.45, 2.75) is 0 Å². The maximum atomic E-state index is 11.8. The molecule has 0 radical (unpaired) electrons. The van der Waals surface area contributed by atoms with E-state index in [1.54, 1.807) is 24.3 Å². The van der Waals surface area contributed by atoms with Crippen LogP contribution < -0.4 is 0 Å². The Morgan fingerprint density at radius 3 is 2.73 bits per heavy atom.